The second-order valence-corrected chi connectivity index (χ2v) is 7.69. The first kappa shape index (κ1) is 16.9. The molecule has 4 rings (SSSR count). The van der Waals surface area contributed by atoms with Crippen LogP contribution in [-0.4, -0.2) is 48.3 Å². The molecule has 1 amide bonds. The number of aliphatic hydroxyl groups is 1. The largest absolute Gasteiger partial charge is 0.493 e. The molecule has 0 aromatic heterocycles. The molecule has 2 N–H and O–H groups in total. The van der Waals surface area contributed by atoms with E-state index < -0.39 is 0 Å². The van der Waals surface area contributed by atoms with Gasteiger partial charge in [0.25, 0.3) is 0 Å². The van der Waals surface area contributed by atoms with Crippen molar-refractivity contribution in [1.29, 1.82) is 0 Å². The highest BCUT2D eigenvalue weighted by molar-refractivity contribution is 5.76. The van der Waals surface area contributed by atoms with E-state index >= 15 is 0 Å². The van der Waals surface area contributed by atoms with Gasteiger partial charge < -0.3 is 20.1 Å². The van der Waals surface area contributed by atoms with Crippen LogP contribution in [0.3, 0.4) is 0 Å². The molecule has 1 aromatic rings. The van der Waals surface area contributed by atoms with Crippen LogP contribution in [0.5, 0.6) is 5.75 Å². The molecule has 136 valence electrons. The van der Waals surface area contributed by atoms with Gasteiger partial charge >= 0.3 is 0 Å². The summed E-state index contributed by atoms with van der Waals surface area (Å²) in [6, 6.07) is 6.27. The SMILES string of the molecule is O=C(CCN1CCCC1)NC(c1ccc2c(c1)CCO2)C1CC(O)C1. The summed E-state index contributed by atoms with van der Waals surface area (Å²) in [7, 11) is 0. The number of benzene rings is 1. The van der Waals surface area contributed by atoms with Crippen LogP contribution < -0.4 is 10.1 Å². The topological polar surface area (TPSA) is 61.8 Å². The van der Waals surface area contributed by atoms with Crippen molar-refractivity contribution in [3.63, 3.8) is 0 Å². The van der Waals surface area contributed by atoms with E-state index in [0.717, 1.165) is 56.8 Å². The van der Waals surface area contributed by atoms with E-state index in [9.17, 15) is 9.90 Å². The minimum absolute atomic E-state index is 0.000350. The third-order valence-corrected chi connectivity index (χ3v) is 5.86. The van der Waals surface area contributed by atoms with Crippen molar-refractivity contribution in [1.82, 2.24) is 10.2 Å². The van der Waals surface area contributed by atoms with Crippen LogP contribution in [0.1, 0.15) is 49.3 Å². The summed E-state index contributed by atoms with van der Waals surface area (Å²) >= 11 is 0. The maximum absolute atomic E-state index is 12.5. The van der Waals surface area contributed by atoms with Gasteiger partial charge in [-0.25, -0.2) is 0 Å². The highest BCUT2D eigenvalue weighted by Crippen LogP contribution is 2.39. The fourth-order valence-electron chi connectivity index (χ4n) is 4.29. The maximum atomic E-state index is 12.5. The number of hydrogen-bond donors (Lipinski definition) is 2. The number of carbonyl (C=O) groups excluding carboxylic acids is 1. The molecule has 3 aliphatic rings. The number of aliphatic hydroxyl groups excluding tert-OH is 1. The zero-order chi connectivity index (χ0) is 17.2. The van der Waals surface area contributed by atoms with Crippen LogP contribution in [0.2, 0.25) is 0 Å². The average Bonchev–Trinajstić information content (AvgIpc) is 3.25. The van der Waals surface area contributed by atoms with Gasteiger partial charge in [-0.05, 0) is 68.0 Å². The first-order valence-corrected chi connectivity index (χ1v) is 9.64. The molecule has 2 fully saturated rings. The van der Waals surface area contributed by atoms with E-state index in [2.05, 4.69) is 22.3 Å². The molecule has 1 aromatic carbocycles. The smallest absolute Gasteiger partial charge is 0.221 e. The molecule has 25 heavy (non-hydrogen) atoms. The molecular weight excluding hydrogens is 316 g/mol. The molecule has 5 nitrogen and oxygen atoms in total. The molecular formula is C20H28N2O3. The van der Waals surface area contributed by atoms with E-state index in [4.69, 9.17) is 4.74 Å². The number of fused-ring (bicyclic) bond motifs is 1. The Kier molecular flexibility index (Phi) is 4.95. The lowest BCUT2D eigenvalue weighted by Crippen LogP contribution is -2.42. The summed E-state index contributed by atoms with van der Waals surface area (Å²) < 4.78 is 5.59. The van der Waals surface area contributed by atoms with Crippen molar-refractivity contribution in [3.8, 4) is 5.75 Å². The summed E-state index contributed by atoms with van der Waals surface area (Å²) in [6.07, 6.45) is 5.32. The van der Waals surface area contributed by atoms with Gasteiger partial charge in [-0.3, -0.25) is 4.79 Å². The molecule has 1 saturated heterocycles. The molecule has 0 spiro atoms. The Labute approximate surface area is 149 Å². The Morgan fingerprint density at radius 1 is 1.32 bits per heavy atom. The lowest BCUT2D eigenvalue weighted by atomic mass is 9.75. The van der Waals surface area contributed by atoms with E-state index in [1.54, 1.807) is 0 Å². The van der Waals surface area contributed by atoms with Gasteiger partial charge in [-0.15, -0.1) is 0 Å². The molecule has 2 aliphatic heterocycles. The number of rotatable bonds is 6. The van der Waals surface area contributed by atoms with Crippen molar-refractivity contribution in [2.45, 2.75) is 50.7 Å². The molecule has 1 unspecified atom stereocenters. The predicted molar refractivity (Wildman–Crippen MR) is 95.5 cm³/mol. The van der Waals surface area contributed by atoms with Gasteiger partial charge in [0.1, 0.15) is 5.75 Å². The van der Waals surface area contributed by atoms with E-state index in [1.165, 1.54) is 18.4 Å². The zero-order valence-corrected chi connectivity index (χ0v) is 14.7. The van der Waals surface area contributed by atoms with Gasteiger partial charge in [0.05, 0.1) is 18.8 Å². The zero-order valence-electron chi connectivity index (χ0n) is 14.7. The summed E-state index contributed by atoms with van der Waals surface area (Å²) in [6.45, 7) is 3.84. The van der Waals surface area contributed by atoms with Gasteiger partial charge in [0.2, 0.25) is 5.91 Å². The molecule has 1 aliphatic carbocycles. The first-order chi connectivity index (χ1) is 12.2. The second-order valence-electron chi connectivity index (χ2n) is 7.69. The Balaban J connectivity index is 1.42. The number of nitrogens with one attached hydrogen (secondary N) is 1. The third-order valence-electron chi connectivity index (χ3n) is 5.86. The number of hydrogen-bond acceptors (Lipinski definition) is 4. The quantitative estimate of drug-likeness (QED) is 0.829. The summed E-state index contributed by atoms with van der Waals surface area (Å²) in [5, 5.41) is 13.0. The molecule has 0 radical (unpaired) electrons. The van der Waals surface area contributed by atoms with Gasteiger partial charge in [0.15, 0.2) is 0 Å². The summed E-state index contributed by atoms with van der Waals surface area (Å²) in [5.74, 6) is 1.41. The Bertz CT molecular complexity index is 621. The number of carbonyl (C=O) groups is 1. The van der Waals surface area contributed by atoms with Gasteiger partial charge in [0, 0.05) is 19.4 Å². The fraction of sp³-hybridized carbons (Fsp3) is 0.650. The third kappa shape index (κ3) is 3.82. The monoisotopic (exact) mass is 344 g/mol. The Morgan fingerprint density at radius 3 is 2.88 bits per heavy atom. The second kappa shape index (κ2) is 7.34. The predicted octanol–water partition coefficient (Wildman–Crippen LogP) is 2.04. The molecule has 5 heteroatoms. The van der Waals surface area contributed by atoms with Gasteiger partial charge in [-0.2, -0.15) is 0 Å². The molecule has 0 bridgehead atoms. The molecule has 1 saturated carbocycles. The number of nitrogens with zero attached hydrogens (tertiary/aromatic N) is 1. The van der Waals surface area contributed by atoms with Crippen molar-refractivity contribution in [3.05, 3.63) is 29.3 Å². The highest BCUT2D eigenvalue weighted by atomic mass is 16.5. The van der Waals surface area contributed by atoms with Crippen LogP contribution >= 0.6 is 0 Å². The van der Waals surface area contributed by atoms with Crippen LogP contribution in [0, 0.1) is 5.92 Å². The van der Waals surface area contributed by atoms with E-state index in [0.29, 0.717) is 12.3 Å². The van der Waals surface area contributed by atoms with Crippen molar-refractivity contribution < 1.29 is 14.6 Å². The standard InChI is InChI=1S/C20H28N2O3/c23-17-12-16(13-17)20(15-3-4-18-14(11-15)6-10-25-18)21-19(24)5-9-22-7-1-2-8-22/h3-4,11,16-17,20,23H,1-2,5-10,12-13H2,(H,21,24). The maximum Gasteiger partial charge on any atom is 0.221 e. The van der Waals surface area contributed by atoms with Crippen molar-refractivity contribution in [2.75, 3.05) is 26.2 Å². The van der Waals surface area contributed by atoms with E-state index in [-0.39, 0.29) is 18.1 Å². The number of amides is 1. The molecule has 2 heterocycles. The van der Waals surface area contributed by atoms with Crippen LogP contribution in [0.25, 0.3) is 0 Å². The average molecular weight is 344 g/mol. The lowest BCUT2D eigenvalue weighted by Gasteiger charge is -2.38. The highest BCUT2D eigenvalue weighted by Gasteiger charge is 2.36. The van der Waals surface area contributed by atoms with Crippen LogP contribution in [-0.2, 0) is 11.2 Å². The first-order valence-electron chi connectivity index (χ1n) is 9.64. The Morgan fingerprint density at radius 2 is 2.12 bits per heavy atom. The van der Waals surface area contributed by atoms with Crippen molar-refractivity contribution in [2.24, 2.45) is 5.92 Å². The normalized spacial score (nSPS) is 26.6. The summed E-state index contributed by atoms with van der Waals surface area (Å²) in [4.78, 5) is 14.9. The van der Waals surface area contributed by atoms with Gasteiger partial charge in [-0.1, -0.05) is 6.07 Å². The number of ether oxygens (including phenoxy) is 1. The minimum Gasteiger partial charge on any atom is -0.493 e. The summed E-state index contributed by atoms with van der Waals surface area (Å²) in [5.41, 5.74) is 2.38. The Hall–Kier alpha value is -1.59. The fourth-order valence-corrected chi connectivity index (χ4v) is 4.29. The van der Waals surface area contributed by atoms with Crippen LogP contribution in [0.15, 0.2) is 18.2 Å². The number of likely N-dealkylation sites (tertiary alicyclic amines) is 1. The lowest BCUT2D eigenvalue weighted by molar-refractivity contribution is -0.123. The van der Waals surface area contributed by atoms with E-state index in [1.807, 2.05) is 6.07 Å². The van der Waals surface area contributed by atoms with Crippen molar-refractivity contribution >= 4 is 5.91 Å². The minimum atomic E-state index is -0.216. The van der Waals surface area contributed by atoms with Crippen LogP contribution in [0.4, 0.5) is 0 Å². The molecule has 1 atom stereocenters.